The number of amides is 1. The minimum Gasteiger partial charge on any atom is -0.493 e. The molecule has 9 heteroatoms. The van der Waals surface area contributed by atoms with Crippen LogP contribution in [-0.2, 0) is 23.9 Å². The Kier molecular flexibility index (Phi) is 9.22. The van der Waals surface area contributed by atoms with Crippen LogP contribution >= 0.6 is 0 Å². The number of nitrogens with one attached hydrogen (secondary N) is 1. The maximum Gasteiger partial charge on any atom is 0.416 e. The molecule has 1 unspecified atom stereocenters. The van der Waals surface area contributed by atoms with Gasteiger partial charge in [0.2, 0.25) is 5.91 Å². The molecule has 0 aliphatic carbocycles. The molecule has 1 saturated heterocycles. The van der Waals surface area contributed by atoms with E-state index in [2.05, 4.69) is 10.2 Å². The van der Waals surface area contributed by atoms with E-state index in [1.54, 1.807) is 21.3 Å². The lowest BCUT2D eigenvalue weighted by atomic mass is 9.80. The van der Waals surface area contributed by atoms with E-state index in [0.29, 0.717) is 23.1 Å². The van der Waals surface area contributed by atoms with Crippen LogP contribution in [0.25, 0.3) is 5.69 Å². The fraction of sp³-hybridized carbons (Fsp3) is 0.433. The number of aryl methyl sites for hydroxylation is 1. The highest BCUT2D eigenvalue weighted by Crippen LogP contribution is 2.33. The lowest BCUT2D eigenvalue weighted by molar-refractivity contribution is -0.137. The Morgan fingerprint density at radius 3 is 2.31 bits per heavy atom. The molecule has 1 aliphatic rings. The molecule has 2 aromatic carbocycles. The lowest BCUT2D eigenvalue weighted by Crippen LogP contribution is -2.40. The largest absolute Gasteiger partial charge is 0.493 e. The van der Waals surface area contributed by atoms with Gasteiger partial charge >= 0.3 is 6.18 Å². The standard InChI is InChI=1S/C30H36F3N3O3/c1-34-29(37)26(10-4-21-5-11-27(38-2)28(18-21)39-3)23-13-15-35(16-14-23)19-22-12-17-36(20-22)25-8-6-24(7-9-25)30(31,32)33/h5-9,11-12,17-18,20,23,26H,4,10,13-16,19H2,1-3H3,(H,34,37). The average molecular weight is 544 g/mol. The Bertz CT molecular complexity index is 1230. The van der Waals surface area contributed by atoms with Crippen LogP contribution in [0.5, 0.6) is 11.5 Å². The quantitative estimate of drug-likeness (QED) is 0.356. The summed E-state index contributed by atoms with van der Waals surface area (Å²) in [4.78, 5) is 15.2. The van der Waals surface area contributed by atoms with E-state index in [4.69, 9.17) is 9.47 Å². The second-order valence-corrected chi connectivity index (χ2v) is 10.0. The number of alkyl halides is 3. The number of rotatable bonds is 10. The summed E-state index contributed by atoms with van der Waals surface area (Å²) in [5, 5.41) is 2.86. The van der Waals surface area contributed by atoms with Crippen molar-refractivity contribution in [2.45, 2.75) is 38.4 Å². The number of nitrogens with zero attached hydrogens (tertiary/aromatic N) is 2. The van der Waals surface area contributed by atoms with Gasteiger partial charge < -0.3 is 19.4 Å². The molecule has 2 heterocycles. The summed E-state index contributed by atoms with van der Waals surface area (Å²) in [5.41, 5.74) is 2.25. The number of halogens is 3. The van der Waals surface area contributed by atoms with Gasteiger partial charge in [-0.05, 0) is 98.3 Å². The maximum absolute atomic E-state index is 12.9. The minimum absolute atomic E-state index is 0.0639. The van der Waals surface area contributed by atoms with Gasteiger partial charge in [-0.3, -0.25) is 9.69 Å². The van der Waals surface area contributed by atoms with Gasteiger partial charge in [-0.2, -0.15) is 13.2 Å². The summed E-state index contributed by atoms with van der Waals surface area (Å²) in [6, 6.07) is 13.1. The molecular weight excluding hydrogens is 507 g/mol. The van der Waals surface area contributed by atoms with Gasteiger partial charge in [-0.25, -0.2) is 0 Å². The van der Waals surface area contributed by atoms with Gasteiger partial charge in [0.05, 0.1) is 19.8 Å². The summed E-state index contributed by atoms with van der Waals surface area (Å²) in [6.07, 6.45) is 2.90. The SMILES string of the molecule is CNC(=O)C(CCc1ccc(OC)c(OC)c1)C1CCN(Cc2ccn(-c3ccc(C(F)(F)F)cc3)c2)CC1. The van der Waals surface area contributed by atoms with Gasteiger partial charge in [0.25, 0.3) is 0 Å². The number of hydrogen-bond acceptors (Lipinski definition) is 4. The van der Waals surface area contributed by atoms with Crippen molar-refractivity contribution < 1.29 is 27.4 Å². The number of hydrogen-bond donors (Lipinski definition) is 1. The second kappa shape index (κ2) is 12.6. The number of piperidine rings is 1. The summed E-state index contributed by atoms with van der Waals surface area (Å²) >= 11 is 0. The van der Waals surface area contributed by atoms with Crippen LogP contribution in [0.1, 0.15) is 36.0 Å². The normalized spacial score (nSPS) is 15.6. The van der Waals surface area contributed by atoms with Gasteiger partial charge in [0.1, 0.15) is 0 Å². The molecule has 4 rings (SSSR count). The van der Waals surface area contributed by atoms with Crippen LogP contribution in [0.4, 0.5) is 13.2 Å². The summed E-state index contributed by atoms with van der Waals surface area (Å²) in [5.74, 6) is 1.70. The van der Waals surface area contributed by atoms with Crippen LogP contribution in [0.15, 0.2) is 60.9 Å². The van der Waals surface area contributed by atoms with Crippen molar-refractivity contribution >= 4 is 5.91 Å². The third kappa shape index (κ3) is 7.15. The predicted molar refractivity (Wildman–Crippen MR) is 144 cm³/mol. The molecule has 3 aromatic rings. The zero-order valence-corrected chi connectivity index (χ0v) is 22.6. The number of aromatic nitrogens is 1. The number of likely N-dealkylation sites (tertiary alicyclic amines) is 1. The van der Waals surface area contributed by atoms with Crippen molar-refractivity contribution in [3.05, 3.63) is 77.6 Å². The number of carbonyl (C=O) groups excluding carboxylic acids is 1. The van der Waals surface area contributed by atoms with Gasteiger partial charge in [0.15, 0.2) is 11.5 Å². The lowest BCUT2D eigenvalue weighted by Gasteiger charge is -2.35. The molecule has 1 aliphatic heterocycles. The van der Waals surface area contributed by atoms with Crippen LogP contribution in [0.2, 0.25) is 0 Å². The highest BCUT2D eigenvalue weighted by atomic mass is 19.4. The van der Waals surface area contributed by atoms with E-state index in [0.717, 1.165) is 68.6 Å². The molecule has 0 spiro atoms. The zero-order valence-electron chi connectivity index (χ0n) is 22.6. The van der Waals surface area contributed by atoms with Crippen molar-refractivity contribution in [2.24, 2.45) is 11.8 Å². The number of ether oxygens (including phenoxy) is 2. The van der Waals surface area contributed by atoms with Crippen molar-refractivity contribution in [1.29, 1.82) is 0 Å². The maximum atomic E-state index is 12.9. The Morgan fingerprint density at radius 2 is 1.69 bits per heavy atom. The van der Waals surface area contributed by atoms with Crippen molar-refractivity contribution in [1.82, 2.24) is 14.8 Å². The fourth-order valence-electron chi connectivity index (χ4n) is 5.41. The molecule has 1 aromatic heterocycles. The molecule has 1 atom stereocenters. The molecule has 6 nitrogen and oxygen atoms in total. The molecule has 39 heavy (non-hydrogen) atoms. The van der Waals surface area contributed by atoms with E-state index in [1.165, 1.54) is 12.1 Å². The number of methoxy groups -OCH3 is 2. The van der Waals surface area contributed by atoms with Crippen LogP contribution in [0.3, 0.4) is 0 Å². The van der Waals surface area contributed by atoms with Crippen molar-refractivity contribution in [2.75, 3.05) is 34.4 Å². The van der Waals surface area contributed by atoms with Gasteiger partial charge in [0, 0.05) is 37.6 Å². The molecule has 0 bridgehead atoms. The second-order valence-electron chi connectivity index (χ2n) is 10.0. The monoisotopic (exact) mass is 543 g/mol. The van der Waals surface area contributed by atoms with Crippen molar-refractivity contribution in [3.8, 4) is 17.2 Å². The van der Waals surface area contributed by atoms with Crippen LogP contribution < -0.4 is 14.8 Å². The topological polar surface area (TPSA) is 55.7 Å². The Balaban J connectivity index is 1.32. The highest BCUT2D eigenvalue weighted by molar-refractivity contribution is 5.78. The first kappa shape index (κ1) is 28.5. The summed E-state index contributed by atoms with van der Waals surface area (Å²) in [7, 11) is 4.93. The Morgan fingerprint density at radius 1 is 1.00 bits per heavy atom. The molecule has 1 amide bonds. The zero-order chi connectivity index (χ0) is 28.0. The third-order valence-corrected chi connectivity index (χ3v) is 7.63. The predicted octanol–water partition coefficient (Wildman–Crippen LogP) is 5.72. The number of carbonyl (C=O) groups is 1. The van der Waals surface area contributed by atoms with Crippen LogP contribution in [-0.4, -0.2) is 49.7 Å². The highest BCUT2D eigenvalue weighted by Gasteiger charge is 2.31. The number of benzene rings is 2. The first-order valence-electron chi connectivity index (χ1n) is 13.2. The van der Waals surface area contributed by atoms with Crippen molar-refractivity contribution in [3.63, 3.8) is 0 Å². The molecule has 1 fully saturated rings. The van der Waals surface area contributed by atoms with Gasteiger partial charge in [-0.1, -0.05) is 6.07 Å². The summed E-state index contributed by atoms with van der Waals surface area (Å²) < 4.78 is 51.2. The first-order valence-corrected chi connectivity index (χ1v) is 13.2. The molecular formula is C30H36F3N3O3. The minimum atomic E-state index is -4.34. The first-order chi connectivity index (χ1) is 18.7. The Labute approximate surface area is 227 Å². The van der Waals surface area contributed by atoms with E-state index in [9.17, 15) is 18.0 Å². The average Bonchev–Trinajstić information content (AvgIpc) is 3.41. The third-order valence-electron chi connectivity index (χ3n) is 7.63. The summed E-state index contributed by atoms with van der Waals surface area (Å²) in [6.45, 7) is 2.54. The van der Waals surface area contributed by atoms with Gasteiger partial charge in [-0.15, -0.1) is 0 Å². The molecule has 0 radical (unpaired) electrons. The van der Waals surface area contributed by atoms with E-state index in [-0.39, 0.29) is 11.8 Å². The Hall–Kier alpha value is -3.46. The van der Waals surface area contributed by atoms with E-state index < -0.39 is 11.7 Å². The molecule has 0 saturated carbocycles. The van der Waals surface area contributed by atoms with Crippen LogP contribution in [0, 0.1) is 11.8 Å². The van der Waals surface area contributed by atoms with E-state index in [1.807, 2.05) is 41.2 Å². The van der Waals surface area contributed by atoms with E-state index >= 15 is 0 Å². The molecule has 210 valence electrons. The fourth-order valence-corrected chi connectivity index (χ4v) is 5.41. The smallest absolute Gasteiger partial charge is 0.416 e. The molecule has 1 N–H and O–H groups in total.